The monoisotopic (exact) mass is 279 g/mol. The van der Waals surface area contributed by atoms with E-state index in [9.17, 15) is 4.79 Å². The van der Waals surface area contributed by atoms with Gasteiger partial charge in [0.15, 0.2) is 0 Å². The Morgan fingerprint density at radius 1 is 1.37 bits per heavy atom. The van der Waals surface area contributed by atoms with Gasteiger partial charge in [-0.25, -0.2) is 0 Å². The molecule has 0 aromatic heterocycles. The molecule has 0 spiro atoms. The molecule has 3 heteroatoms. The zero-order valence-electron chi connectivity index (χ0n) is 11.7. The lowest BCUT2D eigenvalue weighted by Crippen LogP contribution is -2.47. The summed E-state index contributed by atoms with van der Waals surface area (Å²) in [4.78, 5) is 12.3. The molecule has 1 amide bonds. The molecule has 104 valence electrons. The van der Waals surface area contributed by atoms with Gasteiger partial charge in [0.1, 0.15) is 0 Å². The molecule has 0 saturated heterocycles. The van der Waals surface area contributed by atoms with Crippen LogP contribution >= 0.6 is 11.6 Å². The lowest BCUT2D eigenvalue weighted by molar-refractivity contribution is -0.127. The number of halogens is 1. The number of carbonyl (C=O) groups excluding carboxylic acids is 1. The van der Waals surface area contributed by atoms with Crippen molar-refractivity contribution in [2.24, 2.45) is 5.92 Å². The van der Waals surface area contributed by atoms with E-state index in [1.54, 1.807) is 0 Å². The van der Waals surface area contributed by atoms with Crippen molar-refractivity contribution in [3.8, 4) is 0 Å². The van der Waals surface area contributed by atoms with Gasteiger partial charge < -0.3 is 5.32 Å². The minimum Gasteiger partial charge on any atom is -0.351 e. The van der Waals surface area contributed by atoms with Gasteiger partial charge in [0.05, 0.1) is 0 Å². The van der Waals surface area contributed by atoms with E-state index in [-0.39, 0.29) is 17.4 Å². The molecule has 1 aliphatic rings. The summed E-state index contributed by atoms with van der Waals surface area (Å²) < 4.78 is 0. The number of hydrogen-bond donors (Lipinski definition) is 1. The highest BCUT2D eigenvalue weighted by Gasteiger charge is 2.28. The summed E-state index contributed by atoms with van der Waals surface area (Å²) in [6.45, 7) is 4.06. The number of carbonyl (C=O) groups is 1. The molecule has 1 aromatic rings. The Morgan fingerprint density at radius 3 is 2.74 bits per heavy atom. The SMILES string of the molecule is CC(C)(CCCl)NC(=O)C1CCc2ccccc2C1. The second-order valence-electron chi connectivity index (χ2n) is 6.02. The van der Waals surface area contributed by atoms with E-state index in [4.69, 9.17) is 11.6 Å². The van der Waals surface area contributed by atoms with Crippen LogP contribution in [0.15, 0.2) is 24.3 Å². The summed E-state index contributed by atoms with van der Waals surface area (Å²) in [6, 6.07) is 8.43. The molecule has 0 saturated carbocycles. The maximum absolute atomic E-state index is 12.3. The molecule has 2 nitrogen and oxygen atoms in total. The van der Waals surface area contributed by atoms with E-state index in [0.29, 0.717) is 5.88 Å². The molecule has 1 atom stereocenters. The van der Waals surface area contributed by atoms with Crippen LogP contribution in [0.2, 0.25) is 0 Å². The third kappa shape index (κ3) is 3.73. The summed E-state index contributed by atoms with van der Waals surface area (Å²) in [5.74, 6) is 0.843. The number of alkyl halides is 1. The minimum atomic E-state index is -0.213. The molecule has 1 aliphatic carbocycles. The van der Waals surface area contributed by atoms with Crippen LogP contribution in [0.3, 0.4) is 0 Å². The van der Waals surface area contributed by atoms with Gasteiger partial charge in [0.2, 0.25) is 5.91 Å². The highest BCUT2D eigenvalue weighted by Crippen LogP contribution is 2.26. The van der Waals surface area contributed by atoms with Crippen LogP contribution in [0.25, 0.3) is 0 Å². The summed E-state index contributed by atoms with van der Waals surface area (Å²) in [6.07, 6.45) is 3.60. The second-order valence-corrected chi connectivity index (χ2v) is 6.40. The number of rotatable bonds is 4. The maximum Gasteiger partial charge on any atom is 0.223 e. The van der Waals surface area contributed by atoms with E-state index in [1.165, 1.54) is 11.1 Å². The number of fused-ring (bicyclic) bond motifs is 1. The predicted octanol–water partition coefficient (Wildman–Crippen LogP) is 3.32. The molecule has 1 unspecified atom stereocenters. The molecule has 2 rings (SSSR count). The summed E-state index contributed by atoms with van der Waals surface area (Å²) in [5, 5.41) is 3.13. The first kappa shape index (κ1) is 14.4. The van der Waals surface area contributed by atoms with Crippen molar-refractivity contribution in [3.63, 3.8) is 0 Å². The van der Waals surface area contributed by atoms with Crippen LogP contribution in [-0.2, 0) is 17.6 Å². The lowest BCUT2D eigenvalue weighted by Gasteiger charge is -2.30. The predicted molar refractivity (Wildman–Crippen MR) is 79.5 cm³/mol. The van der Waals surface area contributed by atoms with Crippen LogP contribution in [0, 0.1) is 5.92 Å². The molecule has 0 heterocycles. The molecular formula is C16H22ClNO. The van der Waals surface area contributed by atoms with E-state index in [0.717, 1.165) is 25.7 Å². The van der Waals surface area contributed by atoms with Crippen LogP contribution in [0.1, 0.15) is 37.8 Å². The lowest BCUT2D eigenvalue weighted by atomic mass is 9.83. The normalized spacial score (nSPS) is 18.8. The van der Waals surface area contributed by atoms with E-state index in [1.807, 2.05) is 13.8 Å². The Morgan fingerprint density at radius 2 is 2.05 bits per heavy atom. The van der Waals surface area contributed by atoms with Crippen molar-refractivity contribution in [2.45, 2.75) is 45.1 Å². The number of amides is 1. The molecule has 0 fully saturated rings. The van der Waals surface area contributed by atoms with Crippen LogP contribution in [0.5, 0.6) is 0 Å². The quantitative estimate of drug-likeness (QED) is 0.842. The highest BCUT2D eigenvalue weighted by atomic mass is 35.5. The number of benzene rings is 1. The second kappa shape index (κ2) is 5.96. The largest absolute Gasteiger partial charge is 0.351 e. The third-order valence-electron chi connectivity index (χ3n) is 3.90. The molecular weight excluding hydrogens is 258 g/mol. The van der Waals surface area contributed by atoms with Gasteiger partial charge in [-0.3, -0.25) is 4.79 Å². The Kier molecular flexibility index (Phi) is 4.51. The Hall–Kier alpha value is -1.02. The van der Waals surface area contributed by atoms with Crippen molar-refractivity contribution < 1.29 is 4.79 Å². The zero-order chi connectivity index (χ0) is 13.9. The molecule has 0 radical (unpaired) electrons. The van der Waals surface area contributed by atoms with Gasteiger partial charge in [-0.15, -0.1) is 11.6 Å². The Balaban J connectivity index is 1.99. The number of nitrogens with one attached hydrogen (secondary N) is 1. The van der Waals surface area contributed by atoms with Gasteiger partial charge in [0.25, 0.3) is 0 Å². The average Bonchev–Trinajstić information content (AvgIpc) is 2.37. The van der Waals surface area contributed by atoms with Crippen molar-refractivity contribution in [3.05, 3.63) is 35.4 Å². The summed E-state index contributed by atoms with van der Waals surface area (Å²) in [7, 11) is 0. The van der Waals surface area contributed by atoms with Crippen LogP contribution in [-0.4, -0.2) is 17.3 Å². The number of hydrogen-bond acceptors (Lipinski definition) is 1. The van der Waals surface area contributed by atoms with Crippen molar-refractivity contribution in [1.29, 1.82) is 0 Å². The molecule has 0 aliphatic heterocycles. The summed E-state index contributed by atoms with van der Waals surface area (Å²) >= 11 is 5.77. The first-order chi connectivity index (χ1) is 9.02. The molecule has 1 aromatic carbocycles. The van der Waals surface area contributed by atoms with Gasteiger partial charge in [0, 0.05) is 17.3 Å². The van der Waals surface area contributed by atoms with E-state index in [2.05, 4.69) is 29.6 Å². The Bertz CT molecular complexity index is 456. The molecule has 19 heavy (non-hydrogen) atoms. The molecule has 1 N–H and O–H groups in total. The fraction of sp³-hybridized carbons (Fsp3) is 0.562. The zero-order valence-corrected chi connectivity index (χ0v) is 12.5. The van der Waals surface area contributed by atoms with E-state index < -0.39 is 0 Å². The standard InChI is InChI=1S/C16H22ClNO/c1-16(2,9-10-17)18-15(19)14-8-7-12-5-3-4-6-13(12)11-14/h3-6,14H,7-11H2,1-2H3,(H,18,19). The number of aryl methyl sites for hydroxylation is 1. The molecule has 0 bridgehead atoms. The van der Waals surface area contributed by atoms with Crippen LogP contribution in [0.4, 0.5) is 0 Å². The van der Waals surface area contributed by atoms with Gasteiger partial charge in [-0.1, -0.05) is 24.3 Å². The topological polar surface area (TPSA) is 29.1 Å². The summed E-state index contributed by atoms with van der Waals surface area (Å²) in [5.41, 5.74) is 2.51. The minimum absolute atomic E-state index is 0.101. The van der Waals surface area contributed by atoms with Gasteiger partial charge in [-0.05, 0) is 50.7 Å². The van der Waals surface area contributed by atoms with E-state index >= 15 is 0 Å². The average molecular weight is 280 g/mol. The van der Waals surface area contributed by atoms with Crippen LogP contribution < -0.4 is 5.32 Å². The first-order valence-electron chi connectivity index (χ1n) is 6.96. The fourth-order valence-corrected chi connectivity index (χ4v) is 3.13. The highest BCUT2D eigenvalue weighted by molar-refractivity contribution is 6.17. The fourth-order valence-electron chi connectivity index (χ4n) is 2.66. The van der Waals surface area contributed by atoms with Crippen molar-refractivity contribution >= 4 is 17.5 Å². The smallest absolute Gasteiger partial charge is 0.223 e. The van der Waals surface area contributed by atoms with Crippen molar-refractivity contribution in [1.82, 2.24) is 5.32 Å². The van der Waals surface area contributed by atoms with Gasteiger partial charge >= 0.3 is 0 Å². The Labute approximate surface area is 120 Å². The van der Waals surface area contributed by atoms with Gasteiger partial charge in [-0.2, -0.15) is 0 Å². The third-order valence-corrected chi connectivity index (χ3v) is 4.09. The van der Waals surface area contributed by atoms with Crippen molar-refractivity contribution in [2.75, 3.05) is 5.88 Å². The first-order valence-corrected chi connectivity index (χ1v) is 7.50. The maximum atomic E-state index is 12.3.